The molecule has 0 aliphatic rings. The van der Waals surface area contributed by atoms with Gasteiger partial charge in [0.1, 0.15) is 0 Å². The van der Waals surface area contributed by atoms with Crippen LogP contribution in [0.1, 0.15) is 59.5 Å². The van der Waals surface area contributed by atoms with E-state index in [1.807, 2.05) is 0 Å². The first kappa shape index (κ1) is 26.3. The third-order valence-electron chi connectivity index (χ3n) is 4.26. The first-order valence-corrected chi connectivity index (χ1v) is 9.51. The summed E-state index contributed by atoms with van der Waals surface area (Å²) < 4.78 is 4.74. The molecule has 5 N–H and O–H groups in total. The predicted molar refractivity (Wildman–Crippen MR) is 111 cm³/mol. The van der Waals surface area contributed by atoms with Gasteiger partial charge in [-0.3, -0.25) is 0 Å². The Balaban J connectivity index is 0.000000330. The van der Waals surface area contributed by atoms with E-state index in [0.29, 0.717) is 12.2 Å². The van der Waals surface area contributed by atoms with Crippen molar-refractivity contribution in [3.63, 3.8) is 0 Å². The SMILES string of the molecule is CCOC(=O)c1ccc(C(=O)O)cc1.O=C(O)c1ccc(C(=O)O)c(CCO)c1CCO. The number of carbonyl (C=O) groups is 4. The fourth-order valence-electron chi connectivity index (χ4n) is 2.85. The van der Waals surface area contributed by atoms with Crippen molar-refractivity contribution >= 4 is 23.9 Å². The molecule has 0 heterocycles. The van der Waals surface area contributed by atoms with Crippen LogP contribution >= 0.6 is 0 Å². The lowest BCUT2D eigenvalue weighted by atomic mass is 9.92. The maximum Gasteiger partial charge on any atom is 0.338 e. The van der Waals surface area contributed by atoms with Gasteiger partial charge in [-0.1, -0.05) is 0 Å². The molecule has 10 heteroatoms. The number of carbonyl (C=O) groups excluding carboxylic acids is 1. The lowest BCUT2D eigenvalue weighted by Gasteiger charge is -2.14. The van der Waals surface area contributed by atoms with Crippen molar-refractivity contribution in [3.8, 4) is 0 Å². The van der Waals surface area contributed by atoms with Crippen molar-refractivity contribution < 1.29 is 49.4 Å². The number of ether oxygens (including phenoxy) is 1. The molecule has 0 spiro atoms. The number of aromatic carboxylic acids is 3. The van der Waals surface area contributed by atoms with Crippen LogP contribution in [0.15, 0.2) is 36.4 Å². The maximum atomic E-state index is 11.2. The summed E-state index contributed by atoms with van der Waals surface area (Å²) in [6.45, 7) is 1.44. The van der Waals surface area contributed by atoms with Crippen molar-refractivity contribution in [3.05, 3.63) is 69.8 Å². The van der Waals surface area contributed by atoms with Gasteiger partial charge in [0.25, 0.3) is 0 Å². The molecular formula is C22H24O10. The smallest absolute Gasteiger partial charge is 0.338 e. The number of aliphatic hydroxyl groups excluding tert-OH is 2. The molecule has 0 aliphatic heterocycles. The molecule has 0 unspecified atom stereocenters. The number of benzene rings is 2. The number of hydrogen-bond donors (Lipinski definition) is 5. The number of carboxylic acid groups (broad SMARTS) is 3. The van der Waals surface area contributed by atoms with E-state index in [2.05, 4.69) is 0 Å². The molecule has 0 amide bonds. The zero-order valence-corrected chi connectivity index (χ0v) is 17.3. The second-order valence-corrected chi connectivity index (χ2v) is 6.28. The Kier molecular flexibility index (Phi) is 10.5. The molecule has 0 radical (unpaired) electrons. The Morgan fingerprint density at radius 1 is 0.688 bits per heavy atom. The van der Waals surface area contributed by atoms with Gasteiger partial charge < -0.3 is 30.3 Å². The van der Waals surface area contributed by atoms with E-state index in [4.69, 9.17) is 30.3 Å². The topological polar surface area (TPSA) is 179 Å². The van der Waals surface area contributed by atoms with Gasteiger partial charge in [-0.15, -0.1) is 0 Å². The van der Waals surface area contributed by atoms with Crippen LogP contribution < -0.4 is 0 Å². The maximum absolute atomic E-state index is 11.2. The summed E-state index contributed by atoms with van der Waals surface area (Å²) in [5.41, 5.74) is 0.947. The summed E-state index contributed by atoms with van der Waals surface area (Å²) in [5, 5.41) is 44.5. The summed E-state index contributed by atoms with van der Waals surface area (Å²) in [5.74, 6) is -3.82. The molecule has 0 saturated carbocycles. The van der Waals surface area contributed by atoms with Crippen LogP contribution in [-0.2, 0) is 17.6 Å². The van der Waals surface area contributed by atoms with Gasteiger partial charge in [0.05, 0.1) is 28.9 Å². The summed E-state index contributed by atoms with van der Waals surface area (Å²) in [6, 6.07) is 8.02. The van der Waals surface area contributed by atoms with E-state index in [9.17, 15) is 19.2 Å². The summed E-state index contributed by atoms with van der Waals surface area (Å²) in [7, 11) is 0. The van der Waals surface area contributed by atoms with E-state index < -0.39 is 23.9 Å². The lowest BCUT2D eigenvalue weighted by molar-refractivity contribution is 0.0524. The molecule has 2 aromatic carbocycles. The van der Waals surface area contributed by atoms with Crippen molar-refractivity contribution in [2.24, 2.45) is 0 Å². The van der Waals surface area contributed by atoms with Crippen LogP contribution in [0.4, 0.5) is 0 Å². The van der Waals surface area contributed by atoms with Gasteiger partial charge in [-0.25, -0.2) is 19.2 Å². The minimum Gasteiger partial charge on any atom is -0.478 e. The number of hydrogen-bond acceptors (Lipinski definition) is 7. The molecule has 0 fully saturated rings. The Morgan fingerprint density at radius 3 is 1.41 bits per heavy atom. The molecule has 0 aromatic heterocycles. The van der Waals surface area contributed by atoms with E-state index in [0.717, 1.165) is 0 Å². The van der Waals surface area contributed by atoms with Crippen LogP contribution in [0, 0.1) is 0 Å². The van der Waals surface area contributed by atoms with Crippen molar-refractivity contribution in [2.75, 3.05) is 19.8 Å². The molecule has 0 bridgehead atoms. The highest BCUT2D eigenvalue weighted by molar-refractivity contribution is 5.95. The number of aliphatic hydroxyl groups is 2. The van der Waals surface area contributed by atoms with E-state index in [1.54, 1.807) is 6.92 Å². The van der Waals surface area contributed by atoms with Crippen molar-refractivity contribution in [2.45, 2.75) is 19.8 Å². The van der Waals surface area contributed by atoms with E-state index >= 15 is 0 Å². The quantitative estimate of drug-likeness (QED) is 0.355. The van der Waals surface area contributed by atoms with Crippen LogP contribution in [0.5, 0.6) is 0 Å². The average molecular weight is 448 g/mol. The molecule has 0 atom stereocenters. The molecule has 2 rings (SSSR count). The molecule has 2 aromatic rings. The highest BCUT2D eigenvalue weighted by atomic mass is 16.5. The molecule has 172 valence electrons. The molecule has 0 saturated heterocycles. The average Bonchev–Trinajstić information content (AvgIpc) is 2.75. The molecule has 0 aliphatic carbocycles. The summed E-state index contributed by atoms with van der Waals surface area (Å²) in [6.07, 6.45) is 0.0795. The zero-order valence-electron chi connectivity index (χ0n) is 17.3. The lowest BCUT2D eigenvalue weighted by Crippen LogP contribution is -2.14. The molecule has 32 heavy (non-hydrogen) atoms. The Morgan fingerprint density at radius 2 is 1.09 bits per heavy atom. The highest BCUT2D eigenvalue weighted by Gasteiger charge is 2.20. The van der Waals surface area contributed by atoms with E-state index in [-0.39, 0.29) is 53.9 Å². The van der Waals surface area contributed by atoms with Crippen LogP contribution in [-0.4, -0.2) is 69.2 Å². The van der Waals surface area contributed by atoms with Gasteiger partial charge in [-0.05, 0) is 67.3 Å². The van der Waals surface area contributed by atoms with Gasteiger partial charge in [-0.2, -0.15) is 0 Å². The minimum absolute atomic E-state index is 0.0398. The van der Waals surface area contributed by atoms with Crippen LogP contribution in [0.3, 0.4) is 0 Å². The number of rotatable bonds is 9. The first-order chi connectivity index (χ1) is 15.2. The van der Waals surface area contributed by atoms with Crippen LogP contribution in [0.2, 0.25) is 0 Å². The zero-order chi connectivity index (χ0) is 24.3. The van der Waals surface area contributed by atoms with Gasteiger partial charge in [0, 0.05) is 13.2 Å². The van der Waals surface area contributed by atoms with Gasteiger partial charge in [0.15, 0.2) is 0 Å². The van der Waals surface area contributed by atoms with Gasteiger partial charge >= 0.3 is 23.9 Å². The minimum atomic E-state index is -1.19. The summed E-state index contributed by atoms with van der Waals surface area (Å²) >= 11 is 0. The monoisotopic (exact) mass is 448 g/mol. The second kappa shape index (κ2) is 12.8. The fourth-order valence-corrected chi connectivity index (χ4v) is 2.85. The second-order valence-electron chi connectivity index (χ2n) is 6.28. The fraction of sp³-hybridized carbons (Fsp3) is 0.273. The Bertz CT molecular complexity index is 920. The van der Waals surface area contributed by atoms with Crippen LogP contribution in [0.25, 0.3) is 0 Å². The first-order valence-electron chi connectivity index (χ1n) is 9.51. The normalized spacial score (nSPS) is 9.97. The molecule has 10 nitrogen and oxygen atoms in total. The van der Waals surface area contributed by atoms with E-state index in [1.165, 1.54) is 36.4 Å². The number of esters is 1. The van der Waals surface area contributed by atoms with Crippen molar-refractivity contribution in [1.82, 2.24) is 0 Å². The predicted octanol–water partition coefficient (Wildman–Crippen LogP) is 1.71. The highest BCUT2D eigenvalue weighted by Crippen LogP contribution is 2.21. The Hall–Kier alpha value is -3.76. The van der Waals surface area contributed by atoms with Crippen molar-refractivity contribution in [1.29, 1.82) is 0 Å². The third-order valence-corrected chi connectivity index (χ3v) is 4.26. The standard InChI is InChI=1S/C12H14O6.C10H10O4/c13-5-3-7-8(4-6-14)10(12(17)18)2-1-9(7)11(15)16;1-2-14-10(13)8-5-3-7(4-6-8)9(11)12/h1-2,13-14H,3-6H2,(H,15,16)(H,17,18);3-6H,2H2,1H3,(H,11,12). The summed E-state index contributed by atoms with van der Waals surface area (Å²) in [4.78, 5) is 43.7. The van der Waals surface area contributed by atoms with Gasteiger partial charge in [0.2, 0.25) is 0 Å². The molecular weight excluding hydrogens is 424 g/mol. The third kappa shape index (κ3) is 7.18. The Labute approximate surface area is 183 Å². The number of carboxylic acids is 3. The largest absolute Gasteiger partial charge is 0.478 e.